The van der Waals surface area contributed by atoms with Crippen LogP contribution in [0.2, 0.25) is 0 Å². The van der Waals surface area contributed by atoms with Gasteiger partial charge in [0.25, 0.3) is 0 Å². The van der Waals surface area contributed by atoms with Crippen molar-refractivity contribution in [2.75, 3.05) is 40.9 Å². The molecule has 10 heteroatoms. The Bertz CT molecular complexity index is 1160. The number of nitrogens with zero attached hydrogens (tertiary/aromatic N) is 1. The maximum atomic E-state index is 13.0. The van der Waals surface area contributed by atoms with E-state index < -0.39 is 32.7 Å². The molecule has 398 valence electrons. The van der Waals surface area contributed by atoms with Gasteiger partial charge in [-0.2, -0.15) is 0 Å². The third-order valence-corrected chi connectivity index (χ3v) is 14.3. The number of aliphatic hydroxyl groups is 2. The molecule has 0 spiro atoms. The van der Waals surface area contributed by atoms with Crippen LogP contribution in [0.15, 0.2) is 24.3 Å². The maximum Gasteiger partial charge on any atom is 0.472 e. The zero-order valence-corrected chi connectivity index (χ0v) is 45.9. The topological polar surface area (TPSA) is 125 Å². The SMILES string of the molecule is CCCCC/C=C/CC/C=C/CCCC(O)C(O)C(COP(=O)(O)OCC[N+](C)(C)C)NC(=O)CCCCCCCCCCCCCCCCCCCCCCCCCCCCCCCCC. The largest absolute Gasteiger partial charge is 0.472 e. The predicted molar refractivity (Wildman–Crippen MR) is 287 cm³/mol. The van der Waals surface area contributed by atoms with E-state index in [1.54, 1.807) is 0 Å². The smallest absolute Gasteiger partial charge is 0.390 e. The molecule has 67 heavy (non-hydrogen) atoms. The van der Waals surface area contributed by atoms with Crippen molar-refractivity contribution in [2.45, 2.75) is 295 Å². The van der Waals surface area contributed by atoms with Crippen molar-refractivity contribution in [3.63, 3.8) is 0 Å². The van der Waals surface area contributed by atoms with Crippen LogP contribution in [-0.2, 0) is 18.4 Å². The van der Waals surface area contributed by atoms with E-state index in [1.807, 2.05) is 21.1 Å². The fraction of sp³-hybridized carbons (Fsp3) is 0.912. The molecule has 0 fully saturated rings. The van der Waals surface area contributed by atoms with E-state index in [-0.39, 0.29) is 18.9 Å². The summed E-state index contributed by atoms with van der Waals surface area (Å²) < 4.78 is 23.6. The number of rotatable bonds is 53. The second-order valence-electron chi connectivity index (χ2n) is 21.1. The average molecular weight is 971 g/mol. The molecular weight excluding hydrogens is 856 g/mol. The van der Waals surface area contributed by atoms with Crippen molar-refractivity contribution in [1.82, 2.24) is 5.32 Å². The fourth-order valence-electron chi connectivity index (χ4n) is 8.69. The summed E-state index contributed by atoms with van der Waals surface area (Å²) in [6, 6.07) is -1.05. The molecule has 0 aliphatic carbocycles. The third kappa shape index (κ3) is 49.7. The average Bonchev–Trinajstić information content (AvgIpc) is 3.29. The number of hydrogen-bond acceptors (Lipinski definition) is 6. The molecule has 0 aliphatic rings. The Labute approximate surface area is 416 Å². The summed E-state index contributed by atoms with van der Waals surface area (Å²) in [4.78, 5) is 23.3. The molecule has 0 aromatic heterocycles. The van der Waals surface area contributed by atoms with Crippen molar-refractivity contribution >= 4 is 13.7 Å². The highest BCUT2D eigenvalue weighted by atomic mass is 31.2. The van der Waals surface area contributed by atoms with E-state index in [2.05, 4.69) is 43.5 Å². The van der Waals surface area contributed by atoms with Gasteiger partial charge in [0.15, 0.2) is 0 Å². The van der Waals surface area contributed by atoms with Crippen LogP contribution in [0.4, 0.5) is 0 Å². The predicted octanol–water partition coefficient (Wildman–Crippen LogP) is 16.2. The van der Waals surface area contributed by atoms with Crippen LogP contribution >= 0.6 is 7.82 Å². The van der Waals surface area contributed by atoms with E-state index in [4.69, 9.17) is 9.05 Å². The quantitative estimate of drug-likeness (QED) is 0.0207. The van der Waals surface area contributed by atoms with E-state index in [9.17, 15) is 24.5 Å². The minimum atomic E-state index is -4.43. The third-order valence-electron chi connectivity index (χ3n) is 13.3. The summed E-state index contributed by atoms with van der Waals surface area (Å²) in [6.45, 7) is 4.58. The van der Waals surface area contributed by atoms with Gasteiger partial charge in [0.2, 0.25) is 5.91 Å². The molecule has 4 N–H and O–H groups in total. The first kappa shape index (κ1) is 65.9. The van der Waals surface area contributed by atoms with Gasteiger partial charge in [-0.3, -0.25) is 13.8 Å². The minimum absolute atomic E-state index is 0.0158. The summed E-state index contributed by atoms with van der Waals surface area (Å²) in [7, 11) is 1.42. The lowest BCUT2D eigenvalue weighted by molar-refractivity contribution is -0.870. The molecule has 0 aliphatic heterocycles. The Morgan fingerprint density at radius 1 is 0.507 bits per heavy atom. The van der Waals surface area contributed by atoms with Gasteiger partial charge >= 0.3 is 7.82 Å². The maximum absolute atomic E-state index is 13.0. The van der Waals surface area contributed by atoms with Crippen molar-refractivity contribution < 1.29 is 38.0 Å². The lowest BCUT2D eigenvalue weighted by atomic mass is 10.0. The normalized spacial score (nSPS) is 14.6. The van der Waals surface area contributed by atoms with Gasteiger partial charge in [-0.1, -0.05) is 244 Å². The summed E-state index contributed by atoms with van der Waals surface area (Å²) >= 11 is 0. The molecule has 0 saturated heterocycles. The van der Waals surface area contributed by atoms with Crippen LogP contribution in [-0.4, -0.2) is 84.6 Å². The lowest BCUT2D eigenvalue weighted by Crippen LogP contribution is -2.51. The number of unbranched alkanes of at least 4 members (excludes halogenated alkanes) is 35. The first-order valence-electron chi connectivity index (χ1n) is 28.8. The van der Waals surface area contributed by atoms with E-state index in [0.29, 0.717) is 23.9 Å². The van der Waals surface area contributed by atoms with Crippen molar-refractivity contribution in [1.29, 1.82) is 0 Å². The second-order valence-corrected chi connectivity index (χ2v) is 22.6. The van der Waals surface area contributed by atoms with Crippen LogP contribution < -0.4 is 5.32 Å². The molecule has 0 heterocycles. The summed E-state index contributed by atoms with van der Waals surface area (Å²) in [5, 5.41) is 24.7. The van der Waals surface area contributed by atoms with Gasteiger partial charge in [0.1, 0.15) is 19.3 Å². The van der Waals surface area contributed by atoms with E-state index in [1.165, 1.54) is 199 Å². The summed E-state index contributed by atoms with van der Waals surface area (Å²) in [5.74, 6) is -0.267. The number of hydrogen-bond donors (Lipinski definition) is 4. The van der Waals surface area contributed by atoms with Gasteiger partial charge in [-0.25, -0.2) is 4.57 Å². The number of nitrogens with one attached hydrogen (secondary N) is 1. The Morgan fingerprint density at radius 3 is 1.24 bits per heavy atom. The zero-order valence-electron chi connectivity index (χ0n) is 45.0. The highest BCUT2D eigenvalue weighted by Gasteiger charge is 2.31. The van der Waals surface area contributed by atoms with Gasteiger partial charge in [0, 0.05) is 6.42 Å². The highest BCUT2D eigenvalue weighted by Crippen LogP contribution is 2.43. The standard InChI is InChI=1S/C57H113N2O7P/c1-6-8-10-12-14-16-18-20-21-22-23-24-25-26-27-28-29-30-31-32-33-34-35-36-37-38-40-42-44-46-48-50-56(61)58-54(53-66-67(63,64)65-52-51-59(3,4)5)57(62)55(60)49-47-45-43-41-39-19-17-15-13-11-9-7-2/h15,17,41,43,54-55,57,60,62H,6-14,16,18-40,42,44-53H2,1-5H3,(H-,58,61,63,64)/p+1/b17-15+,43-41+. The first-order chi connectivity index (χ1) is 32.4. The number of phosphoric ester groups is 1. The van der Waals surface area contributed by atoms with Crippen molar-refractivity contribution in [3.05, 3.63) is 24.3 Å². The van der Waals surface area contributed by atoms with E-state index >= 15 is 0 Å². The first-order valence-corrected chi connectivity index (χ1v) is 30.3. The molecule has 4 atom stereocenters. The Morgan fingerprint density at radius 2 is 0.851 bits per heavy atom. The second kappa shape index (κ2) is 48.6. The molecule has 0 bridgehead atoms. The number of aliphatic hydroxyl groups excluding tert-OH is 2. The molecule has 0 aromatic rings. The molecule has 9 nitrogen and oxygen atoms in total. The van der Waals surface area contributed by atoms with Crippen molar-refractivity contribution in [2.24, 2.45) is 0 Å². The van der Waals surface area contributed by atoms with Crippen molar-refractivity contribution in [3.8, 4) is 0 Å². The molecule has 0 rings (SSSR count). The van der Waals surface area contributed by atoms with Gasteiger partial charge < -0.3 is 24.9 Å². The Kier molecular flexibility index (Phi) is 47.8. The number of carbonyl (C=O) groups is 1. The number of likely N-dealkylation sites (N-methyl/N-ethyl adjacent to an activating group) is 1. The number of phosphoric acid groups is 1. The number of amides is 1. The zero-order chi connectivity index (χ0) is 49.4. The highest BCUT2D eigenvalue weighted by molar-refractivity contribution is 7.47. The van der Waals surface area contributed by atoms with Crippen LogP contribution in [0.25, 0.3) is 0 Å². The van der Waals surface area contributed by atoms with Gasteiger partial charge in [-0.15, -0.1) is 0 Å². The fourth-order valence-corrected chi connectivity index (χ4v) is 9.43. The number of quaternary nitrogens is 1. The van der Waals surface area contributed by atoms with Crippen LogP contribution in [0.5, 0.6) is 0 Å². The van der Waals surface area contributed by atoms with E-state index in [0.717, 1.165) is 44.9 Å². The Balaban J connectivity index is 4.08. The molecule has 1 amide bonds. The number of carbonyl (C=O) groups excluding carboxylic acids is 1. The van der Waals surface area contributed by atoms with Crippen LogP contribution in [0, 0.1) is 0 Å². The minimum Gasteiger partial charge on any atom is -0.390 e. The number of allylic oxidation sites excluding steroid dienone is 4. The van der Waals surface area contributed by atoms with Crippen LogP contribution in [0.3, 0.4) is 0 Å². The molecule has 0 radical (unpaired) electrons. The lowest BCUT2D eigenvalue weighted by Gasteiger charge is -2.28. The molecule has 0 aromatic carbocycles. The van der Waals surface area contributed by atoms with Crippen LogP contribution in [0.1, 0.15) is 277 Å². The molecule has 0 saturated carbocycles. The monoisotopic (exact) mass is 970 g/mol. The molecule has 4 unspecified atom stereocenters. The Hall–Kier alpha value is -1.06. The van der Waals surface area contributed by atoms with Gasteiger partial charge in [-0.05, 0) is 51.4 Å². The summed E-state index contributed by atoms with van der Waals surface area (Å²) in [5.41, 5.74) is 0. The van der Waals surface area contributed by atoms with Gasteiger partial charge in [0.05, 0.1) is 39.9 Å². The molecular formula is C57H114N2O7P+. The summed E-state index contributed by atoms with van der Waals surface area (Å²) in [6.07, 6.45) is 57.2.